The summed E-state index contributed by atoms with van der Waals surface area (Å²) in [4.78, 5) is 16.6. The van der Waals surface area contributed by atoms with Gasteiger partial charge in [0.1, 0.15) is 11.6 Å². The highest BCUT2D eigenvalue weighted by atomic mass is 35.5. The Morgan fingerprint density at radius 1 is 0.949 bits per heavy atom. The van der Waals surface area contributed by atoms with Crippen molar-refractivity contribution < 1.29 is 23.1 Å². The predicted octanol–water partition coefficient (Wildman–Crippen LogP) is 5.24. The molecular weight excluding hydrogens is 552 g/mol. The first-order valence-electron chi connectivity index (χ1n) is 11.9. The van der Waals surface area contributed by atoms with Gasteiger partial charge in [0, 0.05) is 30.2 Å². The summed E-state index contributed by atoms with van der Waals surface area (Å²) in [7, 11) is 0. The molecule has 0 bridgehead atoms. The van der Waals surface area contributed by atoms with E-state index < -0.39 is 29.1 Å². The number of nitrogens with one attached hydrogen (secondary N) is 2. The molecule has 0 aliphatic heterocycles. The van der Waals surface area contributed by atoms with Crippen LogP contribution in [0.4, 0.5) is 18.9 Å². The summed E-state index contributed by atoms with van der Waals surface area (Å²) in [5.74, 6) is -3.32. The molecule has 0 spiro atoms. The molecule has 0 aliphatic rings. The third-order valence-electron chi connectivity index (χ3n) is 5.94. The average molecular weight is 581 g/mol. The molecule has 3 aromatic carbocycles. The molecule has 11 heteroatoms. The standard InChI is InChI=1S/C28H27F3N4O2.2ClH/c29-23-10-11-24(30)28(31)22(23)18-35-15-14-33-26(35)16-27(37)34-21-8-6-19(7-9-21)12-13-32-17-25(36)20-4-2-1-3-5-20;;/h1-11,14-15,25,32,36H,12-13,16-18H2,(H,34,37);2*1H. The van der Waals surface area contributed by atoms with Crippen LogP contribution in [0.2, 0.25) is 0 Å². The largest absolute Gasteiger partial charge is 0.387 e. The number of anilines is 1. The zero-order valence-corrected chi connectivity index (χ0v) is 22.5. The van der Waals surface area contributed by atoms with E-state index in [1.807, 2.05) is 42.5 Å². The van der Waals surface area contributed by atoms with Crippen LogP contribution in [0.3, 0.4) is 0 Å². The van der Waals surface area contributed by atoms with E-state index in [1.54, 1.807) is 12.1 Å². The van der Waals surface area contributed by atoms with Gasteiger partial charge in [-0.3, -0.25) is 4.79 Å². The summed E-state index contributed by atoms with van der Waals surface area (Å²) in [6, 6.07) is 18.4. The highest BCUT2D eigenvalue weighted by Gasteiger charge is 2.17. The lowest BCUT2D eigenvalue weighted by atomic mass is 10.1. The third-order valence-corrected chi connectivity index (χ3v) is 5.94. The first kappa shape index (κ1) is 31.8. The van der Waals surface area contributed by atoms with Crippen LogP contribution in [0, 0.1) is 17.5 Å². The topological polar surface area (TPSA) is 79.2 Å². The molecule has 0 radical (unpaired) electrons. The number of nitrogens with zero attached hydrogens (tertiary/aromatic N) is 2. The molecule has 208 valence electrons. The fourth-order valence-corrected chi connectivity index (χ4v) is 3.90. The van der Waals surface area contributed by atoms with Crippen molar-refractivity contribution in [1.29, 1.82) is 0 Å². The molecule has 1 unspecified atom stereocenters. The summed E-state index contributed by atoms with van der Waals surface area (Å²) >= 11 is 0. The van der Waals surface area contributed by atoms with Crippen LogP contribution >= 0.6 is 24.8 Å². The highest BCUT2D eigenvalue weighted by molar-refractivity contribution is 5.91. The van der Waals surface area contributed by atoms with E-state index in [9.17, 15) is 23.1 Å². The second kappa shape index (κ2) is 15.3. The van der Waals surface area contributed by atoms with Crippen LogP contribution in [0.5, 0.6) is 0 Å². The second-order valence-electron chi connectivity index (χ2n) is 8.60. The maximum atomic E-state index is 14.0. The van der Waals surface area contributed by atoms with Gasteiger partial charge in [0.25, 0.3) is 0 Å². The van der Waals surface area contributed by atoms with Crippen molar-refractivity contribution >= 4 is 36.4 Å². The Morgan fingerprint density at radius 2 is 1.64 bits per heavy atom. The molecule has 3 N–H and O–H groups in total. The van der Waals surface area contributed by atoms with E-state index >= 15 is 0 Å². The van der Waals surface area contributed by atoms with E-state index in [-0.39, 0.29) is 43.7 Å². The molecule has 1 heterocycles. The van der Waals surface area contributed by atoms with E-state index in [4.69, 9.17) is 0 Å². The van der Waals surface area contributed by atoms with Gasteiger partial charge >= 0.3 is 0 Å². The number of rotatable bonds is 11. The number of aliphatic hydroxyl groups excluding tert-OH is 1. The molecule has 39 heavy (non-hydrogen) atoms. The molecule has 0 fully saturated rings. The van der Waals surface area contributed by atoms with Gasteiger partial charge in [-0.05, 0) is 48.4 Å². The van der Waals surface area contributed by atoms with Crippen LogP contribution in [0.25, 0.3) is 0 Å². The molecule has 6 nitrogen and oxygen atoms in total. The Hall–Kier alpha value is -3.37. The van der Waals surface area contributed by atoms with E-state index in [1.165, 1.54) is 17.0 Å². The lowest BCUT2D eigenvalue weighted by Gasteiger charge is -2.12. The molecule has 4 aromatic rings. The van der Waals surface area contributed by atoms with Crippen molar-refractivity contribution in [3.8, 4) is 0 Å². The number of aliphatic hydroxyl groups is 1. The van der Waals surface area contributed by atoms with E-state index in [0.717, 1.165) is 29.7 Å². The fraction of sp³-hybridized carbons (Fsp3) is 0.214. The first-order valence-corrected chi connectivity index (χ1v) is 11.9. The number of carbonyl (C=O) groups is 1. The number of imidazole rings is 1. The number of amides is 1. The van der Waals surface area contributed by atoms with E-state index in [2.05, 4.69) is 15.6 Å². The maximum absolute atomic E-state index is 14.0. The Kier molecular flexibility index (Phi) is 12.5. The molecule has 4 rings (SSSR count). The van der Waals surface area contributed by atoms with Gasteiger partial charge in [0.15, 0.2) is 11.6 Å². The number of aromatic nitrogens is 2. The average Bonchev–Trinajstić information content (AvgIpc) is 3.34. The lowest BCUT2D eigenvalue weighted by Crippen LogP contribution is -2.23. The molecule has 0 aliphatic carbocycles. The number of hydrogen-bond acceptors (Lipinski definition) is 4. The monoisotopic (exact) mass is 580 g/mol. The predicted molar refractivity (Wildman–Crippen MR) is 149 cm³/mol. The molecular formula is C28H29Cl2F3N4O2. The fourth-order valence-electron chi connectivity index (χ4n) is 3.90. The summed E-state index contributed by atoms with van der Waals surface area (Å²) in [6.45, 7) is 0.848. The normalized spacial score (nSPS) is 11.3. The highest BCUT2D eigenvalue weighted by Crippen LogP contribution is 2.18. The third kappa shape index (κ3) is 8.83. The summed E-state index contributed by atoms with van der Waals surface area (Å²) in [5, 5.41) is 16.2. The molecule has 1 amide bonds. The van der Waals surface area contributed by atoms with Crippen LogP contribution < -0.4 is 10.6 Å². The van der Waals surface area contributed by atoms with Crippen molar-refractivity contribution in [1.82, 2.24) is 14.9 Å². The van der Waals surface area contributed by atoms with Crippen molar-refractivity contribution in [3.63, 3.8) is 0 Å². The van der Waals surface area contributed by atoms with Gasteiger partial charge in [-0.25, -0.2) is 18.2 Å². The van der Waals surface area contributed by atoms with Crippen LogP contribution in [0.15, 0.2) is 79.1 Å². The lowest BCUT2D eigenvalue weighted by molar-refractivity contribution is -0.115. The van der Waals surface area contributed by atoms with Gasteiger partial charge in [0.05, 0.1) is 19.1 Å². The van der Waals surface area contributed by atoms with Crippen LogP contribution in [0.1, 0.15) is 28.6 Å². The minimum atomic E-state index is -1.26. The minimum absolute atomic E-state index is 0. The van der Waals surface area contributed by atoms with Crippen molar-refractivity contribution in [2.45, 2.75) is 25.5 Å². The Balaban J connectivity index is 0.00000267. The van der Waals surface area contributed by atoms with Gasteiger partial charge in [0.2, 0.25) is 5.91 Å². The Morgan fingerprint density at radius 3 is 2.36 bits per heavy atom. The van der Waals surface area contributed by atoms with Gasteiger partial charge < -0.3 is 20.3 Å². The van der Waals surface area contributed by atoms with Crippen molar-refractivity contribution in [3.05, 3.63) is 119 Å². The van der Waals surface area contributed by atoms with Crippen LogP contribution in [-0.2, 0) is 24.2 Å². The SMILES string of the molecule is Cl.Cl.O=C(Cc1nccn1Cc1c(F)ccc(F)c1F)Nc1ccc(CCNCC(O)c2ccccc2)cc1. The first-order chi connectivity index (χ1) is 17.9. The number of benzene rings is 3. The van der Waals surface area contributed by atoms with Gasteiger partial charge in [-0.2, -0.15) is 0 Å². The molecule has 1 aromatic heterocycles. The zero-order chi connectivity index (χ0) is 26.2. The van der Waals surface area contributed by atoms with Crippen LogP contribution in [-0.4, -0.2) is 33.7 Å². The Bertz CT molecular complexity index is 1340. The quantitative estimate of drug-likeness (QED) is 0.167. The summed E-state index contributed by atoms with van der Waals surface area (Å²) in [6.07, 6.45) is 2.95. The second-order valence-corrected chi connectivity index (χ2v) is 8.60. The molecule has 0 saturated carbocycles. The van der Waals surface area contributed by atoms with Gasteiger partial charge in [-0.1, -0.05) is 42.5 Å². The minimum Gasteiger partial charge on any atom is -0.387 e. The smallest absolute Gasteiger partial charge is 0.231 e. The Labute approximate surface area is 237 Å². The zero-order valence-electron chi connectivity index (χ0n) is 20.8. The van der Waals surface area contributed by atoms with Crippen molar-refractivity contribution in [2.24, 2.45) is 0 Å². The molecule has 1 atom stereocenters. The number of halogens is 5. The van der Waals surface area contributed by atoms with Gasteiger partial charge in [-0.15, -0.1) is 24.8 Å². The number of hydrogen-bond donors (Lipinski definition) is 3. The molecule has 0 saturated heterocycles. The maximum Gasteiger partial charge on any atom is 0.231 e. The summed E-state index contributed by atoms with van der Waals surface area (Å²) in [5.41, 5.74) is 2.10. The number of carbonyl (C=O) groups excluding carboxylic acids is 1. The van der Waals surface area contributed by atoms with E-state index in [0.29, 0.717) is 24.6 Å². The summed E-state index contributed by atoms with van der Waals surface area (Å²) < 4.78 is 43.0. The van der Waals surface area contributed by atoms with Crippen molar-refractivity contribution in [2.75, 3.05) is 18.4 Å².